The van der Waals surface area contributed by atoms with Crippen molar-refractivity contribution < 1.29 is 4.79 Å². The Kier molecular flexibility index (Phi) is 2.89. The summed E-state index contributed by atoms with van der Waals surface area (Å²) in [7, 11) is 0. The number of hydrogen-bond acceptors (Lipinski definition) is 5. The highest BCUT2D eigenvalue weighted by Crippen LogP contribution is 2.19. The van der Waals surface area contributed by atoms with E-state index in [1.54, 1.807) is 0 Å². The zero-order valence-corrected chi connectivity index (χ0v) is 10.7. The summed E-state index contributed by atoms with van der Waals surface area (Å²) >= 11 is 7.16. The standard InChI is InChI=1S/C9H12ClN5OS/c10-8-13-12-7(17-8)5-14-1-2-15-6(4-14)3-11-9(15)16/h6H,1-5H2,(H,11,16). The molecule has 2 aliphatic heterocycles. The Morgan fingerprint density at radius 1 is 1.47 bits per heavy atom. The fraction of sp³-hybridized carbons (Fsp3) is 0.667. The maximum Gasteiger partial charge on any atom is 0.317 e. The van der Waals surface area contributed by atoms with E-state index in [-0.39, 0.29) is 6.03 Å². The first-order chi connectivity index (χ1) is 8.22. The average molecular weight is 274 g/mol. The Morgan fingerprint density at radius 3 is 3.12 bits per heavy atom. The number of amides is 2. The van der Waals surface area contributed by atoms with Crippen LogP contribution in [0.25, 0.3) is 0 Å². The quantitative estimate of drug-likeness (QED) is 0.847. The third-order valence-corrected chi connectivity index (χ3v) is 4.12. The van der Waals surface area contributed by atoms with E-state index in [4.69, 9.17) is 11.6 Å². The van der Waals surface area contributed by atoms with Gasteiger partial charge in [0.15, 0.2) is 0 Å². The SMILES string of the molecule is O=C1NCC2CN(Cc3nnc(Cl)s3)CCN12. The molecule has 0 aromatic carbocycles. The largest absolute Gasteiger partial charge is 0.336 e. The lowest BCUT2D eigenvalue weighted by Gasteiger charge is -2.35. The van der Waals surface area contributed by atoms with E-state index >= 15 is 0 Å². The van der Waals surface area contributed by atoms with Gasteiger partial charge in [-0.05, 0) is 11.6 Å². The molecule has 1 N–H and O–H groups in total. The molecule has 2 amide bonds. The molecule has 0 spiro atoms. The van der Waals surface area contributed by atoms with Crippen molar-refractivity contribution in [1.82, 2.24) is 25.3 Å². The molecular weight excluding hydrogens is 262 g/mol. The summed E-state index contributed by atoms with van der Waals surface area (Å²) < 4.78 is 0.483. The van der Waals surface area contributed by atoms with Crippen molar-refractivity contribution in [2.75, 3.05) is 26.2 Å². The van der Waals surface area contributed by atoms with E-state index in [1.807, 2.05) is 4.90 Å². The van der Waals surface area contributed by atoms with Gasteiger partial charge in [0.25, 0.3) is 0 Å². The number of aromatic nitrogens is 2. The van der Waals surface area contributed by atoms with Crippen LogP contribution in [-0.4, -0.2) is 58.2 Å². The van der Waals surface area contributed by atoms with Crippen molar-refractivity contribution in [3.8, 4) is 0 Å². The minimum atomic E-state index is 0.0635. The molecule has 0 bridgehead atoms. The third-order valence-electron chi connectivity index (χ3n) is 3.12. The lowest BCUT2D eigenvalue weighted by atomic mass is 10.2. The number of fused-ring (bicyclic) bond motifs is 1. The normalized spacial score (nSPS) is 24.9. The molecule has 8 heteroatoms. The second-order valence-electron chi connectivity index (χ2n) is 4.22. The monoisotopic (exact) mass is 273 g/mol. The Hall–Kier alpha value is -0.920. The number of carbonyl (C=O) groups is 1. The zero-order valence-electron chi connectivity index (χ0n) is 9.10. The Bertz CT molecular complexity index is 439. The first-order valence-corrected chi connectivity index (χ1v) is 6.66. The van der Waals surface area contributed by atoms with Gasteiger partial charge in [0, 0.05) is 26.2 Å². The van der Waals surface area contributed by atoms with Crippen LogP contribution in [0.3, 0.4) is 0 Å². The Balaban J connectivity index is 1.62. The van der Waals surface area contributed by atoms with Crippen LogP contribution < -0.4 is 5.32 Å². The molecule has 3 heterocycles. The third kappa shape index (κ3) is 2.22. The molecule has 1 atom stereocenters. The molecule has 0 radical (unpaired) electrons. The molecule has 0 saturated carbocycles. The van der Waals surface area contributed by atoms with Gasteiger partial charge in [-0.1, -0.05) is 11.3 Å². The summed E-state index contributed by atoms with van der Waals surface area (Å²) in [6, 6.07) is 0.355. The second kappa shape index (κ2) is 4.40. The van der Waals surface area contributed by atoms with Gasteiger partial charge >= 0.3 is 6.03 Å². The van der Waals surface area contributed by atoms with E-state index in [1.165, 1.54) is 11.3 Å². The Labute approximate surface area is 108 Å². The minimum absolute atomic E-state index is 0.0635. The van der Waals surface area contributed by atoms with Crippen LogP contribution >= 0.6 is 22.9 Å². The summed E-state index contributed by atoms with van der Waals surface area (Å²) in [5.74, 6) is 0. The first kappa shape index (κ1) is 11.2. The Morgan fingerprint density at radius 2 is 2.35 bits per heavy atom. The van der Waals surface area contributed by atoms with Gasteiger partial charge in [-0.25, -0.2) is 4.79 Å². The summed E-state index contributed by atoms with van der Waals surface area (Å²) in [6.45, 7) is 4.05. The number of carbonyl (C=O) groups excluding carboxylic acids is 1. The van der Waals surface area contributed by atoms with Gasteiger partial charge in [0.05, 0.1) is 12.6 Å². The zero-order chi connectivity index (χ0) is 11.8. The van der Waals surface area contributed by atoms with Crippen LogP contribution in [0.4, 0.5) is 4.79 Å². The molecule has 2 aliphatic rings. The van der Waals surface area contributed by atoms with Gasteiger partial charge in [0.1, 0.15) is 5.01 Å². The van der Waals surface area contributed by atoms with Gasteiger partial charge in [-0.15, -0.1) is 10.2 Å². The van der Waals surface area contributed by atoms with Gasteiger partial charge in [0.2, 0.25) is 4.47 Å². The number of urea groups is 1. The molecule has 6 nitrogen and oxygen atoms in total. The van der Waals surface area contributed by atoms with Crippen molar-refractivity contribution >= 4 is 29.0 Å². The van der Waals surface area contributed by atoms with Crippen LogP contribution in [0.15, 0.2) is 0 Å². The van der Waals surface area contributed by atoms with E-state index in [2.05, 4.69) is 20.4 Å². The van der Waals surface area contributed by atoms with Gasteiger partial charge in [-0.3, -0.25) is 4.90 Å². The molecule has 2 fully saturated rings. The second-order valence-corrected chi connectivity index (χ2v) is 5.86. The fourth-order valence-corrected chi connectivity index (χ4v) is 3.21. The van der Waals surface area contributed by atoms with Crippen molar-refractivity contribution in [3.63, 3.8) is 0 Å². The summed E-state index contributed by atoms with van der Waals surface area (Å²) in [5.41, 5.74) is 0. The predicted octanol–water partition coefficient (Wildman–Crippen LogP) is 0.401. The van der Waals surface area contributed by atoms with Crippen molar-refractivity contribution in [2.24, 2.45) is 0 Å². The highest BCUT2D eigenvalue weighted by Gasteiger charge is 2.35. The lowest BCUT2D eigenvalue weighted by Crippen LogP contribution is -2.51. The van der Waals surface area contributed by atoms with Crippen molar-refractivity contribution in [3.05, 3.63) is 9.47 Å². The number of hydrogen-bond donors (Lipinski definition) is 1. The summed E-state index contributed by atoms with van der Waals surface area (Å²) in [5, 5.41) is 11.6. The van der Waals surface area contributed by atoms with Crippen LogP contribution in [0, 0.1) is 0 Å². The van der Waals surface area contributed by atoms with Crippen LogP contribution in [0.2, 0.25) is 4.47 Å². The fourth-order valence-electron chi connectivity index (χ4n) is 2.30. The number of piperazine rings is 1. The highest BCUT2D eigenvalue weighted by atomic mass is 35.5. The number of nitrogens with one attached hydrogen (secondary N) is 1. The molecule has 3 rings (SSSR count). The van der Waals surface area contributed by atoms with E-state index in [0.29, 0.717) is 10.5 Å². The molecule has 1 aromatic heterocycles. The number of rotatable bonds is 2. The maximum atomic E-state index is 11.4. The topological polar surface area (TPSA) is 61.4 Å². The molecule has 2 saturated heterocycles. The molecule has 1 unspecified atom stereocenters. The van der Waals surface area contributed by atoms with Crippen molar-refractivity contribution in [2.45, 2.75) is 12.6 Å². The summed E-state index contributed by atoms with van der Waals surface area (Å²) in [6.07, 6.45) is 0. The van der Waals surface area contributed by atoms with Crippen LogP contribution in [0.1, 0.15) is 5.01 Å². The average Bonchev–Trinajstić information content (AvgIpc) is 2.87. The highest BCUT2D eigenvalue weighted by molar-refractivity contribution is 7.15. The van der Waals surface area contributed by atoms with Gasteiger partial charge < -0.3 is 10.2 Å². The predicted molar refractivity (Wildman–Crippen MR) is 64.1 cm³/mol. The first-order valence-electron chi connectivity index (χ1n) is 5.47. The molecule has 92 valence electrons. The number of nitrogens with zero attached hydrogens (tertiary/aromatic N) is 4. The van der Waals surface area contributed by atoms with E-state index in [0.717, 1.165) is 37.7 Å². The molecule has 17 heavy (non-hydrogen) atoms. The van der Waals surface area contributed by atoms with E-state index in [9.17, 15) is 4.79 Å². The molecule has 0 aliphatic carbocycles. The van der Waals surface area contributed by atoms with Gasteiger partial charge in [-0.2, -0.15) is 0 Å². The molecular formula is C9H12ClN5OS. The minimum Gasteiger partial charge on any atom is -0.336 e. The van der Waals surface area contributed by atoms with Crippen molar-refractivity contribution in [1.29, 1.82) is 0 Å². The van der Waals surface area contributed by atoms with Crippen LogP contribution in [0.5, 0.6) is 0 Å². The molecule has 1 aromatic rings. The lowest BCUT2D eigenvalue weighted by molar-refractivity contribution is 0.116. The van der Waals surface area contributed by atoms with Crippen LogP contribution in [-0.2, 0) is 6.54 Å². The maximum absolute atomic E-state index is 11.4. The smallest absolute Gasteiger partial charge is 0.317 e. The number of halogens is 1. The van der Waals surface area contributed by atoms with E-state index < -0.39 is 0 Å². The summed E-state index contributed by atoms with van der Waals surface area (Å²) in [4.78, 5) is 15.6.